The molecule has 2 aliphatic rings. The van der Waals surface area contributed by atoms with E-state index in [1.54, 1.807) is 6.92 Å². The summed E-state index contributed by atoms with van der Waals surface area (Å²) in [5.41, 5.74) is 0. The molecule has 6 nitrogen and oxygen atoms in total. The van der Waals surface area contributed by atoms with E-state index in [0.29, 0.717) is 0 Å². The van der Waals surface area contributed by atoms with Crippen LogP contribution in [-0.4, -0.2) is 63.6 Å². The highest BCUT2D eigenvalue weighted by Gasteiger charge is 2.36. The van der Waals surface area contributed by atoms with Crippen molar-refractivity contribution in [2.75, 3.05) is 30.3 Å². The molecule has 0 aromatic rings. The monoisotopic (exact) mass is 296 g/mol. The minimum Gasteiger partial charge on any atom is -0.313 e. The smallest absolute Gasteiger partial charge is 0.215 e. The van der Waals surface area contributed by atoms with Crippen LogP contribution in [0.4, 0.5) is 0 Å². The predicted molar refractivity (Wildman–Crippen MR) is 69.6 cm³/mol. The van der Waals surface area contributed by atoms with Crippen molar-refractivity contribution in [3.8, 4) is 0 Å². The van der Waals surface area contributed by atoms with E-state index in [-0.39, 0.29) is 29.8 Å². The fraction of sp³-hybridized carbons (Fsp3) is 1.00. The summed E-state index contributed by atoms with van der Waals surface area (Å²) in [4.78, 5) is 0. The van der Waals surface area contributed by atoms with Gasteiger partial charge in [0.2, 0.25) is 10.0 Å². The molecule has 0 aromatic carbocycles. The van der Waals surface area contributed by atoms with Crippen LogP contribution in [0, 0.1) is 0 Å². The van der Waals surface area contributed by atoms with E-state index in [1.807, 2.05) is 0 Å². The number of sulfone groups is 1. The van der Waals surface area contributed by atoms with Crippen molar-refractivity contribution in [3.63, 3.8) is 0 Å². The fourth-order valence-corrected chi connectivity index (χ4v) is 6.39. The van der Waals surface area contributed by atoms with Crippen LogP contribution in [0.15, 0.2) is 0 Å². The first kappa shape index (κ1) is 14.2. The molecule has 2 atom stereocenters. The maximum Gasteiger partial charge on any atom is 0.215 e. The van der Waals surface area contributed by atoms with Gasteiger partial charge in [0.1, 0.15) is 0 Å². The first-order valence-corrected chi connectivity index (χ1v) is 9.66. The van der Waals surface area contributed by atoms with E-state index in [1.165, 1.54) is 4.31 Å². The van der Waals surface area contributed by atoms with Gasteiger partial charge in [-0.2, -0.15) is 4.31 Å². The van der Waals surface area contributed by atoms with Crippen LogP contribution in [0.2, 0.25) is 0 Å². The molecule has 18 heavy (non-hydrogen) atoms. The summed E-state index contributed by atoms with van der Waals surface area (Å²) in [7, 11) is -6.43. The number of nitrogens with zero attached hydrogens (tertiary/aromatic N) is 1. The lowest BCUT2D eigenvalue weighted by Crippen LogP contribution is -2.51. The van der Waals surface area contributed by atoms with Crippen LogP contribution in [0.1, 0.15) is 19.8 Å². The van der Waals surface area contributed by atoms with Crippen LogP contribution >= 0.6 is 0 Å². The zero-order valence-corrected chi connectivity index (χ0v) is 12.1. The zero-order valence-electron chi connectivity index (χ0n) is 10.5. The third kappa shape index (κ3) is 3.23. The lowest BCUT2D eigenvalue weighted by Gasteiger charge is -2.32. The molecule has 2 aliphatic heterocycles. The second kappa shape index (κ2) is 5.07. The van der Waals surface area contributed by atoms with Gasteiger partial charge >= 0.3 is 0 Å². The first-order chi connectivity index (χ1) is 8.30. The summed E-state index contributed by atoms with van der Waals surface area (Å²) in [6, 6.07) is -0.434. The van der Waals surface area contributed by atoms with Crippen LogP contribution in [0.3, 0.4) is 0 Å². The third-order valence-electron chi connectivity index (χ3n) is 3.54. The largest absolute Gasteiger partial charge is 0.313 e. The minimum absolute atomic E-state index is 0.0146. The Hall–Kier alpha value is -0.180. The quantitative estimate of drug-likeness (QED) is 0.736. The maximum absolute atomic E-state index is 12.3. The average molecular weight is 296 g/mol. The Labute approximate surface area is 109 Å². The van der Waals surface area contributed by atoms with Crippen molar-refractivity contribution in [1.29, 1.82) is 0 Å². The van der Waals surface area contributed by atoms with Gasteiger partial charge in [0.25, 0.3) is 0 Å². The van der Waals surface area contributed by atoms with Gasteiger partial charge in [-0.3, -0.25) is 0 Å². The SMILES string of the molecule is CC1CS(=O)(=O)CCN1S(=O)(=O)CC1CCCN1. The first-order valence-electron chi connectivity index (χ1n) is 6.23. The van der Waals surface area contributed by atoms with E-state index >= 15 is 0 Å². The lowest BCUT2D eigenvalue weighted by atomic mass is 10.3. The van der Waals surface area contributed by atoms with Crippen molar-refractivity contribution >= 4 is 19.9 Å². The molecule has 2 saturated heterocycles. The van der Waals surface area contributed by atoms with E-state index in [9.17, 15) is 16.8 Å². The number of sulfonamides is 1. The normalized spacial score (nSPS) is 33.6. The summed E-state index contributed by atoms with van der Waals surface area (Å²) >= 11 is 0. The van der Waals surface area contributed by atoms with E-state index < -0.39 is 25.9 Å². The highest BCUT2D eigenvalue weighted by molar-refractivity contribution is 7.92. The molecule has 2 rings (SSSR count). The molecular weight excluding hydrogens is 276 g/mol. The summed E-state index contributed by atoms with van der Waals surface area (Å²) in [5.74, 6) is -0.0453. The number of hydrogen-bond acceptors (Lipinski definition) is 5. The molecule has 0 amide bonds. The Morgan fingerprint density at radius 2 is 2.11 bits per heavy atom. The summed E-state index contributed by atoms with van der Waals surface area (Å²) in [5, 5.41) is 3.16. The van der Waals surface area contributed by atoms with Crippen molar-refractivity contribution < 1.29 is 16.8 Å². The maximum atomic E-state index is 12.3. The molecule has 0 aromatic heterocycles. The van der Waals surface area contributed by atoms with Gasteiger partial charge in [-0.25, -0.2) is 16.8 Å². The molecule has 2 unspecified atom stereocenters. The highest BCUT2D eigenvalue weighted by atomic mass is 32.2. The van der Waals surface area contributed by atoms with E-state index in [2.05, 4.69) is 5.32 Å². The van der Waals surface area contributed by atoms with Crippen LogP contribution in [-0.2, 0) is 19.9 Å². The van der Waals surface area contributed by atoms with Crippen LogP contribution < -0.4 is 5.32 Å². The minimum atomic E-state index is -3.36. The summed E-state index contributed by atoms with van der Waals surface area (Å²) < 4.78 is 48.8. The molecule has 2 fully saturated rings. The Bertz CT molecular complexity index is 494. The van der Waals surface area contributed by atoms with Gasteiger partial charge in [0, 0.05) is 18.6 Å². The molecule has 0 spiro atoms. The number of rotatable bonds is 3. The predicted octanol–water partition coefficient (Wildman–Crippen LogP) is -0.813. The zero-order chi connectivity index (χ0) is 13.4. The van der Waals surface area contributed by atoms with Gasteiger partial charge in [0.05, 0.1) is 17.3 Å². The van der Waals surface area contributed by atoms with Crippen molar-refractivity contribution in [1.82, 2.24) is 9.62 Å². The highest BCUT2D eigenvalue weighted by Crippen LogP contribution is 2.18. The Balaban J connectivity index is 2.05. The molecule has 1 N–H and O–H groups in total. The van der Waals surface area contributed by atoms with Gasteiger partial charge in [-0.15, -0.1) is 0 Å². The Kier molecular flexibility index (Phi) is 4.01. The van der Waals surface area contributed by atoms with Crippen molar-refractivity contribution in [2.45, 2.75) is 31.8 Å². The molecule has 0 bridgehead atoms. The average Bonchev–Trinajstić information content (AvgIpc) is 2.66. The second-order valence-electron chi connectivity index (χ2n) is 5.15. The molecule has 0 aliphatic carbocycles. The number of hydrogen-bond donors (Lipinski definition) is 1. The topological polar surface area (TPSA) is 83.6 Å². The molecule has 106 valence electrons. The van der Waals surface area contributed by atoms with Crippen LogP contribution in [0.25, 0.3) is 0 Å². The Morgan fingerprint density at radius 3 is 2.67 bits per heavy atom. The molecular formula is C10H20N2O4S2. The lowest BCUT2D eigenvalue weighted by molar-refractivity contribution is 0.354. The van der Waals surface area contributed by atoms with Crippen molar-refractivity contribution in [2.24, 2.45) is 0 Å². The van der Waals surface area contributed by atoms with Crippen LogP contribution in [0.5, 0.6) is 0 Å². The third-order valence-corrected chi connectivity index (χ3v) is 7.42. The molecule has 8 heteroatoms. The standard InChI is InChI=1S/C10H20N2O4S2/c1-9-7-17(13,14)6-5-12(9)18(15,16)8-10-3-2-4-11-10/h9-11H,2-8H2,1H3. The molecule has 0 radical (unpaired) electrons. The molecule has 0 saturated carbocycles. The summed E-state index contributed by atoms with van der Waals surface area (Å²) in [6.07, 6.45) is 1.88. The summed E-state index contributed by atoms with van der Waals surface area (Å²) in [6.45, 7) is 2.62. The molecule has 2 heterocycles. The second-order valence-corrected chi connectivity index (χ2v) is 9.34. The fourth-order valence-electron chi connectivity index (χ4n) is 2.65. The Morgan fingerprint density at radius 1 is 1.39 bits per heavy atom. The van der Waals surface area contributed by atoms with E-state index in [4.69, 9.17) is 0 Å². The van der Waals surface area contributed by atoms with E-state index in [0.717, 1.165) is 19.4 Å². The van der Waals surface area contributed by atoms with Crippen molar-refractivity contribution in [3.05, 3.63) is 0 Å². The van der Waals surface area contributed by atoms with Gasteiger partial charge in [-0.05, 0) is 26.3 Å². The van der Waals surface area contributed by atoms with Gasteiger partial charge < -0.3 is 5.32 Å². The van der Waals surface area contributed by atoms with Gasteiger partial charge in [-0.1, -0.05) is 0 Å². The number of nitrogens with one attached hydrogen (secondary N) is 1. The van der Waals surface area contributed by atoms with Gasteiger partial charge in [0.15, 0.2) is 9.84 Å².